The second-order valence-corrected chi connectivity index (χ2v) is 9.42. The number of nitrogens with zero attached hydrogens (tertiary/aromatic N) is 1. The number of carbonyl (C=O) groups excluding carboxylic acids is 1. The van der Waals surface area contributed by atoms with Crippen molar-refractivity contribution in [2.24, 2.45) is 5.41 Å². The van der Waals surface area contributed by atoms with E-state index in [2.05, 4.69) is 29.3 Å². The van der Waals surface area contributed by atoms with Gasteiger partial charge < -0.3 is 10.1 Å². The summed E-state index contributed by atoms with van der Waals surface area (Å²) in [6.45, 7) is 6.24. The molecule has 32 heavy (non-hydrogen) atoms. The average molecular weight is 439 g/mol. The molecule has 2 aromatic rings. The van der Waals surface area contributed by atoms with E-state index >= 15 is 0 Å². The van der Waals surface area contributed by atoms with Crippen LogP contribution in [0.1, 0.15) is 44.6 Å². The number of hydrogen-bond acceptors (Lipinski definition) is 3. The molecule has 0 bridgehead atoms. The summed E-state index contributed by atoms with van der Waals surface area (Å²) in [6, 6.07) is 15.4. The third-order valence-corrected chi connectivity index (χ3v) is 7.18. The first-order chi connectivity index (χ1) is 15.6. The van der Waals surface area contributed by atoms with Crippen molar-refractivity contribution >= 4 is 5.91 Å². The SMILES string of the molecule is CC1CCCCN1CCNC(=O)C1(Cc2cccc(-c3cccc(F)c3)c2)CCOCC1. The van der Waals surface area contributed by atoms with Gasteiger partial charge in [0.25, 0.3) is 0 Å². The highest BCUT2D eigenvalue weighted by Crippen LogP contribution is 2.35. The fraction of sp³-hybridized carbons (Fsp3) is 0.519. The first-order valence-corrected chi connectivity index (χ1v) is 12.0. The Hall–Kier alpha value is -2.24. The summed E-state index contributed by atoms with van der Waals surface area (Å²) in [5.41, 5.74) is 2.48. The molecule has 0 aliphatic carbocycles. The topological polar surface area (TPSA) is 41.6 Å². The maximum Gasteiger partial charge on any atom is 0.226 e. The molecule has 0 aromatic heterocycles. The van der Waals surface area contributed by atoms with Gasteiger partial charge in [0, 0.05) is 32.3 Å². The van der Waals surface area contributed by atoms with Gasteiger partial charge in [0.2, 0.25) is 5.91 Å². The van der Waals surface area contributed by atoms with Crippen molar-refractivity contribution in [2.75, 3.05) is 32.8 Å². The smallest absolute Gasteiger partial charge is 0.226 e. The minimum absolute atomic E-state index is 0.140. The van der Waals surface area contributed by atoms with Gasteiger partial charge in [0.1, 0.15) is 5.82 Å². The fourth-order valence-electron chi connectivity index (χ4n) is 5.16. The number of rotatable bonds is 7. The summed E-state index contributed by atoms with van der Waals surface area (Å²) in [5, 5.41) is 3.25. The van der Waals surface area contributed by atoms with E-state index in [1.807, 2.05) is 18.2 Å². The molecular formula is C27H35FN2O2. The highest BCUT2D eigenvalue weighted by atomic mass is 19.1. The van der Waals surface area contributed by atoms with Crippen molar-refractivity contribution in [1.29, 1.82) is 0 Å². The molecule has 1 atom stereocenters. The van der Waals surface area contributed by atoms with E-state index in [0.717, 1.165) is 42.6 Å². The number of piperidine rings is 1. The number of nitrogens with one attached hydrogen (secondary N) is 1. The molecule has 0 radical (unpaired) electrons. The van der Waals surface area contributed by atoms with Crippen LogP contribution in [-0.2, 0) is 16.0 Å². The molecule has 2 heterocycles. The van der Waals surface area contributed by atoms with Gasteiger partial charge in [-0.1, -0.05) is 42.8 Å². The summed E-state index contributed by atoms with van der Waals surface area (Å²) in [5.74, 6) is -0.0992. The second kappa shape index (κ2) is 10.6. The standard InChI is InChI=1S/C27H35FN2O2/c1-21-6-2-3-14-30(21)15-13-29-26(31)27(11-16-32-17-12-27)20-22-7-4-8-23(18-22)24-9-5-10-25(28)19-24/h4-5,7-10,18-19,21H,2-3,6,11-17,20H2,1H3,(H,29,31). The van der Waals surface area contributed by atoms with E-state index in [9.17, 15) is 9.18 Å². The van der Waals surface area contributed by atoms with Crippen molar-refractivity contribution in [3.8, 4) is 11.1 Å². The zero-order valence-electron chi connectivity index (χ0n) is 19.1. The molecule has 5 heteroatoms. The molecule has 2 aliphatic rings. The van der Waals surface area contributed by atoms with Crippen LogP contribution >= 0.6 is 0 Å². The third-order valence-electron chi connectivity index (χ3n) is 7.18. The Kier molecular flexibility index (Phi) is 7.59. The lowest BCUT2D eigenvalue weighted by Crippen LogP contribution is -2.49. The monoisotopic (exact) mass is 438 g/mol. The van der Waals surface area contributed by atoms with Crippen molar-refractivity contribution in [3.05, 3.63) is 59.9 Å². The number of carbonyl (C=O) groups is 1. The fourth-order valence-corrected chi connectivity index (χ4v) is 5.16. The number of halogens is 1. The van der Waals surface area contributed by atoms with Crippen LogP contribution in [0, 0.1) is 11.2 Å². The molecule has 1 unspecified atom stereocenters. The van der Waals surface area contributed by atoms with Crippen LogP contribution < -0.4 is 5.32 Å². The van der Waals surface area contributed by atoms with Crippen LogP contribution in [0.3, 0.4) is 0 Å². The van der Waals surface area contributed by atoms with Gasteiger partial charge in [-0.05, 0) is 74.4 Å². The van der Waals surface area contributed by atoms with Gasteiger partial charge in [0.15, 0.2) is 0 Å². The normalized spacial score (nSPS) is 21.2. The minimum atomic E-state index is -0.452. The predicted molar refractivity (Wildman–Crippen MR) is 126 cm³/mol. The maximum absolute atomic E-state index is 13.7. The summed E-state index contributed by atoms with van der Waals surface area (Å²) >= 11 is 0. The molecule has 1 N–H and O–H groups in total. The Bertz CT molecular complexity index is 910. The van der Waals surface area contributed by atoms with Crippen molar-refractivity contribution in [2.45, 2.75) is 51.5 Å². The number of likely N-dealkylation sites (tertiary alicyclic amines) is 1. The lowest BCUT2D eigenvalue weighted by molar-refractivity contribution is -0.136. The summed E-state index contributed by atoms with van der Waals surface area (Å²) in [4.78, 5) is 15.9. The third kappa shape index (κ3) is 5.57. The first kappa shape index (κ1) is 22.9. The predicted octanol–water partition coefficient (Wildman–Crippen LogP) is 4.82. The second-order valence-electron chi connectivity index (χ2n) is 9.42. The van der Waals surface area contributed by atoms with Crippen molar-refractivity contribution in [3.63, 3.8) is 0 Å². The number of benzene rings is 2. The highest BCUT2D eigenvalue weighted by Gasteiger charge is 2.40. The molecule has 1 amide bonds. The van der Waals surface area contributed by atoms with Crippen molar-refractivity contribution in [1.82, 2.24) is 10.2 Å². The van der Waals surface area contributed by atoms with Crippen LogP contribution in [0.2, 0.25) is 0 Å². The molecule has 2 saturated heterocycles. The molecule has 0 saturated carbocycles. The van der Waals surface area contributed by atoms with E-state index in [1.165, 1.54) is 25.3 Å². The lowest BCUT2D eigenvalue weighted by Gasteiger charge is -2.37. The number of ether oxygens (including phenoxy) is 1. The van der Waals surface area contributed by atoms with Gasteiger partial charge in [-0.2, -0.15) is 0 Å². The molecule has 4 nitrogen and oxygen atoms in total. The Morgan fingerprint density at radius 1 is 1.12 bits per heavy atom. The Labute approximate surface area is 191 Å². The van der Waals surface area contributed by atoms with E-state index in [4.69, 9.17) is 4.74 Å². The zero-order valence-corrected chi connectivity index (χ0v) is 19.1. The molecule has 4 rings (SSSR count). The lowest BCUT2D eigenvalue weighted by atomic mass is 9.74. The van der Waals surface area contributed by atoms with Crippen LogP contribution in [0.15, 0.2) is 48.5 Å². The first-order valence-electron chi connectivity index (χ1n) is 12.0. The van der Waals surface area contributed by atoms with Gasteiger partial charge in [-0.25, -0.2) is 4.39 Å². The highest BCUT2D eigenvalue weighted by molar-refractivity contribution is 5.83. The Balaban J connectivity index is 1.44. The minimum Gasteiger partial charge on any atom is -0.381 e. The van der Waals surface area contributed by atoms with E-state index in [0.29, 0.717) is 32.2 Å². The van der Waals surface area contributed by atoms with E-state index in [-0.39, 0.29) is 11.7 Å². The summed E-state index contributed by atoms with van der Waals surface area (Å²) in [7, 11) is 0. The molecule has 2 aromatic carbocycles. The van der Waals surface area contributed by atoms with Gasteiger partial charge in [-0.3, -0.25) is 9.69 Å². The van der Waals surface area contributed by atoms with Crippen molar-refractivity contribution < 1.29 is 13.9 Å². The van der Waals surface area contributed by atoms with Gasteiger partial charge in [0.05, 0.1) is 5.41 Å². The van der Waals surface area contributed by atoms with Crippen LogP contribution in [0.25, 0.3) is 11.1 Å². The molecular weight excluding hydrogens is 403 g/mol. The summed E-state index contributed by atoms with van der Waals surface area (Å²) < 4.78 is 19.3. The summed E-state index contributed by atoms with van der Waals surface area (Å²) in [6.07, 6.45) is 5.93. The average Bonchev–Trinajstić information content (AvgIpc) is 2.81. The van der Waals surface area contributed by atoms with E-state index < -0.39 is 5.41 Å². The number of amides is 1. The largest absolute Gasteiger partial charge is 0.381 e. The molecule has 172 valence electrons. The Morgan fingerprint density at radius 2 is 1.88 bits per heavy atom. The maximum atomic E-state index is 13.7. The van der Waals surface area contributed by atoms with Gasteiger partial charge >= 0.3 is 0 Å². The van der Waals surface area contributed by atoms with Crippen LogP contribution in [0.5, 0.6) is 0 Å². The van der Waals surface area contributed by atoms with Crippen LogP contribution in [-0.4, -0.2) is 49.7 Å². The Morgan fingerprint density at radius 3 is 2.62 bits per heavy atom. The van der Waals surface area contributed by atoms with Gasteiger partial charge in [-0.15, -0.1) is 0 Å². The zero-order chi connectivity index (χ0) is 22.4. The molecule has 0 spiro atoms. The quantitative estimate of drug-likeness (QED) is 0.674. The van der Waals surface area contributed by atoms with Crippen LogP contribution in [0.4, 0.5) is 4.39 Å². The van der Waals surface area contributed by atoms with E-state index in [1.54, 1.807) is 12.1 Å². The molecule has 2 aliphatic heterocycles. The number of hydrogen-bond donors (Lipinski definition) is 1. The molecule has 2 fully saturated rings.